The van der Waals surface area contributed by atoms with E-state index in [1.807, 2.05) is 24.3 Å². The van der Waals surface area contributed by atoms with Crippen molar-refractivity contribution in [1.82, 2.24) is 4.98 Å². The molecule has 7 heteroatoms. The standard InChI is InChI=1S/C20H23N3O3S/c1-13-19(25)23(15-8-5-6-9-16(15)26-13)12-11-18(24)22-20-21-14-7-3-2-4-10-17(14)27-20/h5-6,8-9,13H,2-4,7,10-12H2,1H3,(H,21,22,24). The minimum Gasteiger partial charge on any atom is -0.479 e. The smallest absolute Gasteiger partial charge is 0.267 e. The number of aryl methyl sites for hydroxylation is 2. The minimum atomic E-state index is -0.544. The minimum absolute atomic E-state index is 0.122. The fourth-order valence-electron chi connectivity index (χ4n) is 3.57. The third kappa shape index (κ3) is 3.83. The van der Waals surface area contributed by atoms with Crippen molar-refractivity contribution < 1.29 is 14.3 Å². The van der Waals surface area contributed by atoms with Crippen LogP contribution in [0.3, 0.4) is 0 Å². The van der Waals surface area contributed by atoms with Gasteiger partial charge in [-0.3, -0.25) is 9.59 Å². The fraction of sp³-hybridized carbons (Fsp3) is 0.450. The van der Waals surface area contributed by atoms with Crippen LogP contribution < -0.4 is 15.0 Å². The Balaban J connectivity index is 1.40. The van der Waals surface area contributed by atoms with E-state index < -0.39 is 6.10 Å². The number of aromatic nitrogens is 1. The van der Waals surface area contributed by atoms with Gasteiger partial charge in [-0.1, -0.05) is 18.6 Å². The lowest BCUT2D eigenvalue weighted by molar-refractivity contribution is -0.125. The Morgan fingerprint density at radius 1 is 1.30 bits per heavy atom. The lowest BCUT2D eigenvalue weighted by atomic mass is 10.1. The van der Waals surface area contributed by atoms with E-state index in [9.17, 15) is 9.59 Å². The molecule has 1 N–H and O–H groups in total. The second kappa shape index (κ2) is 7.68. The van der Waals surface area contributed by atoms with E-state index in [1.54, 1.807) is 23.2 Å². The third-order valence-corrected chi connectivity index (χ3v) is 6.05. The highest BCUT2D eigenvalue weighted by Crippen LogP contribution is 2.34. The predicted octanol–water partition coefficient (Wildman–Crippen LogP) is 3.55. The zero-order chi connectivity index (χ0) is 18.8. The van der Waals surface area contributed by atoms with Crippen LogP contribution in [0, 0.1) is 0 Å². The van der Waals surface area contributed by atoms with Crippen LogP contribution in [-0.4, -0.2) is 29.4 Å². The molecule has 142 valence electrons. The van der Waals surface area contributed by atoms with Crippen molar-refractivity contribution in [2.75, 3.05) is 16.8 Å². The summed E-state index contributed by atoms with van der Waals surface area (Å²) in [4.78, 5) is 32.4. The molecule has 0 fully saturated rings. The van der Waals surface area contributed by atoms with Gasteiger partial charge in [0.25, 0.3) is 5.91 Å². The number of fused-ring (bicyclic) bond motifs is 2. The van der Waals surface area contributed by atoms with Crippen LogP contribution in [0.2, 0.25) is 0 Å². The quantitative estimate of drug-likeness (QED) is 0.817. The van der Waals surface area contributed by atoms with Crippen molar-refractivity contribution in [2.24, 2.45) is 0 Å². The maximum absolute atomic E-state index is 12.5. The molecule has 2 aliphatic rings. The Kier molecular flexibility index (Phi) is 5.11. The number of carbonyl (C=O) groups excluding carboxylic acids is 2. The van der Waals surface area contributed by atoms with E-state index in [0.29, 0.717) is 17.4 Å². The number of nitrogens with zero attached hydrogens (tertiary/aromatic N) is 2. The molecule has 1 aromatic carbocycles. The number of carbonyl (C=O) groups is 2. The summed E-state index contributed by atoms with van der Waals surface area (Å²) in [6.45, 7) is 2.05. The molecule has 1 aromatic heterocycles. The van der Waals surface area contributed by atoms with Gasteiger partial charge in [0, 0.05) is 17.8 Å². The number of rotatable bonds is 4. The first-order valence-corrected chi connectivity index (χ1v) is 10.3. The number of para-hydroxylation sites is 2. The predicted molar refractivity (Wildman–Crippen MR) is 106 cm³/mol. The molecule has 2 amide bonds. The Morgan fingerprint density at radius 2 is 2.11 bits per heavy atom. The fourth-order valence-corrected chi connectivity index (χ4v) is 4.63. The van der Waals surface area contributed by atoms with Gasteiger partial charge in [-0.2, -0.15) is 0 Å². The van der Waals surface area contributed by atoms with Gasteiger partial charge in [-0.05, 0) is 44.7 Å². The van der Waals surface area contributed by atoms with Crippen molar-refractivity contribution in [2.45, 2.75) is 51.6 Å². The van der Waals surface area contributed by atoms with Gasteiger partial charge >= 0.3 is 0 Å². The lowest BCUT2D eigenvalue weighted by Crippen LogP contribution is -2.45. The van der Waals surface area contributed by atoms with Crippen LogP contribution >= 0.6 is 11.3 Å². The average molecular weight is 385 g/mol. The molecule has 0 bridgehead atoms. The molecule has 1 atom stereocenters. The molecule has 4 rings (SSSR count). The van der Waals surface area contributed by atoms with E-state index in [0.717, 1.165) is 24.2 Å². The summed E-state index contributed by atoms with van der Waals surface area (Å²) in [6.07, 6.45) is 5.34. The van der Waals surface area contributed by atoms with Gasteiger partial charge in [0.1, 0.15) is 5.75 Å². The first kappa shape index (κ1) is 18.0. The summed E-state index contributed by atoms with van der Waals surface area (Å²) in [6, 6.07) is 7.42. The highest BCUT2D eigenvalue weighted by molar-refractivity contribution is 7.15. The van der Waals surface area contributed by atoms with Crippen LogP contribution in [0.25, 0.3) is 0 Å². The molecule has 1 aliphatic carbocycles. The van der Waals surface area contributed by atoms with E-state index in [2.05, 4.69) is 10.3 Å². The summed E-state index contributed by atoms with van der Waals surface area (Å²) >= 11 is 1.58. The second-order valence-electron chi connectivity index (χ2n) is 6.97. The highest BCUT2D eigenvalue weighted by Gasteiger charge is 2.31. The summed E-state index contributed by atoms with van der Waals surface area (Å²) in [5.74, 6) is 0.430. The Labute approximate surface area is 162 Å². The normalized spacial score (nSPS) is 18.9. The number of hydrogen-bond donors (Lipinski definition) is 1. The highest BCUT2D eigenvalue weighted by atomic mass is 32.1. The van der Waals surface area contributed by atoms with Crippen molar-refractivity contribution >= 4 is 34.0 Å². The first-order valence-electron chi connectivity index (χ1n) is 9.47. The van der Waals surface area contributed by atoms with Gasteiger partial charge in [0.15, 0.2) is 11.2 Å². The van der Waals surface area contributed by atoms with Crippen LogP contribution in [0.15, 0.2) is 24.3 Å². The molecule has 2 heterocycles. The molecule has 0 radical (unpaired) electrons. The van der Waals surface area contributed by atoms with Gasteiger partial charge in [0.2, 0.25) is 5.91 Å². The van der Waals surface area contributed by atoms with Gasteiger partial charge in [0.05, 0.1) is 11.4 Å². The molecule has 0 saturated heterocycles. The first-order chi connectivity index (χ1) is 13.1. The van der Waals surface area contributed by atoms with Crippen molar-refractivity contribution in [3.05, 3.63) is 34.8 Å². The van der Waals surface area contributed by atoms with Crippen molar-refractivity contribution in [3.8, 4) is 5.75 Å². The third-order valence-electron chi connectivity index (χ3n) is 4.98. The maximum Gasteiger partial charge on any atom is 0.267 e. The van der Waals surface area contributed by atoms with E-state index in [1.165, 1.54) is 24.1 Å². The number of anilines is 2. The van der Waals surface area contributed by atoms with Gasteiger partial charge in [-0.25, -0.2) is 4.98 Å². The van der Waals surface area contributed by atoms with Crippen LogP contribution in [-0.2, 0) is 22.4 Å². The molecule has 0 spiro atoms. The summed E-state index contributed by atoms with van der Waals surface area (Å²) in [5, 5.41) is 3.58. The maximum atomic E-state index is 12.5. The lowest BCUT2D eigenvalue weighted by Gasteiger charge is -2.32. The van der Waals surface area contributed by atoms with Crippen LogP contribution in [0.4, 0.5) is 10.8 Å². The van der Waals surface area contributed by atoms with Crippen LogP contribution in [0.5, 0.6) is 5.75 Å². The Morgan fingerprint density at radius 3 is 3.00 bits per heavy atom. The Bertz CT molecular complexity index is 840. The zero-order valence-corrected chi connectivity index (χ0v) is 16.2. The number of ether oxygens (including phenoxy) is 1. The van der Waals surface area contributed by atoms with E-state index in [4.69, 9.17) is 4.74 Å². The number of benzene rings is 1. The summed E-state index contributed by atoms with van der Waals surface area (Å²) in [7, 11) is 0. The summed E-state index contributed by atoms with van der Waals surface area (Å²) < 4.78 is 5.63. The van der Waals surface area contributed by atoms with Crippen LogP contribution in [0.1, 0.15) is 43.2 Å². The Hall–Kier alpha value is -2.41. The second-order valence-corrected chi connectivity index (χ2v) is 8.05. The molecule has 0 saturated carbocycles. The van der Waals surface area contributed by atoms with Gasteiger partial charge in [-0.15, -0.1) is 11.3 Å². The SMILES string of the molecule is CC1Oc2ccccc2N(CCC(=O)Nc2nc3c(s2)CCCCC3)C1=O. The molecule has 2 aromatic rings. The van der Waals surface area contributed by atoms with E-state index in [-0.39, 0.29) is 18.2 Å². The van der Waals surface area contributed by atoms with E-state index >= 15 is 0 Å². The van der Waals surface area contributed by atoms with Gasteiger partial charge < -0.3 is 15.0 Å². The molecule has 1 aliphatic heterocycles. The largest absolute Gasteiger partial charge is 0.479 e. The number of thiazole rings is 1. The molecular weight excluding hydrogens is 362 g/mol. The molecule has 1 unspecified atom stereocenters. The zero-order valence-electron chi connectivity index (χ0n) is 15.4. The molecule has 27 heavy (non-hydrogen) atoms. The number of nitrogens with one attached hydrogen (secondary N) is 1. The average Bonchev–Trinajstić information content (AvgIpc) is 2.90. The van der Waals surface area contributed by atoms with Crippen molar-refractivity contribution in [3.63, 3.8) is 0 Å². The van der Waals surface area contributed by atoms with Crippen molar-refractivity contribution in [1.29, 1.82) is 0 Å². The summed E-state index contributed by atoms with van der Waals surface area (Å²) in [5.41, 5.74) is 1.85. The molecule has 6 nitrogen and oxygen atoms in total. The number of amides is 2. The topological polar surface area (TPSA) is 71.5 Å². The molecular formula is C20H23N3O3S. The number of hydrogen-bond acceptors (Lipinski definition) is 5. The monoisotopic (exact) mass is 385 g/mol.